The molecule has 0 bridgehead atoms. The Labute approximate surface area is 111 Å². The quantitative estimate of drug-likeness (QED) is 0.747. The summed E-state index contributed by atoms with van der Waals surface area (Å²) >= 11 is 0. The second-order valence-corrected chi connectivity index (χ2v) is 4.39. The molecule has 0 atom stereocenters. The van der Waals surface area contributed by atoms with Gasteiger partial charge < -0.3 is 5.32 Å². The Hall–Kier alpha value is -1.60. The second-order valence-electron chi connectivity index (χ2n) is 4.39. The normalized spacial score (nSPS) is 12.2. The Balaban J connectivity index is 2.33. The standard InChI is InChI=1S/C17H21N/c1-2-3-14-18-17(15-10-6-4-7-11-15)16-12-8-5-9-13-16/h4-13,17-18H,2-3,14H2,1H3/i17D. The molecule has 1 N–H and O–H groups in total. The lowest BCUT2D eigenvalue weighted by Gasteiger charge is -2.19. The second kappa shape index (κ2) is 6.97. The lowest BCUT2D eigenvalue weighted by molar-refractivity contribution is 0.579. The molecule has 0 aliphatic carbocycles. The molecular formula is C17H21N. The smallest absolute Gasteiger partial charge is 0.0576 e. The number of hydrogen-bond acceptors (Lipinski definition) is 1. The van der Waals surface area contributed by atoms with Crippen molar-refractivity contribution in [3.8, 4) is 0 Å². The van der Waals surface area contributed by atoms with Gasteiger partial charge in [-0.2, -0.15) is 0 Å². The minimum atomic E-state index is -0.863. The molecular weight excluding hydrogens is 218 g/mol. The van der Waals surface area contributed by atoms with Crippen molar-refractivity contribution in [3.63, 3.8) is 0 Å². The Morgan fingerprint density at radius 2 is 1.44 bits per heavy atom. The van der Waals surface area contributed by atoms with Crippen LogP contribution in [0.1, 0.15) is 38.3 Å². The van der Waals surface area contributed by atoms with Gasteiger partial charge >= 0.3 is 0 Å². The topological polar surface area (TPSA) is 12.0 Å². The number of rotatable bonds is 6. The van der Waals surface area contributed by atoms with Crippen LogP contribution in [0.3, 0.4) is 0 Å². The van der Waals surface area contributed by atoms with E-state index in [1.165, 1.54) is 0 Å². The zero-order valence-electron chi connectivity index (χ0n) is 11.9. The highest BCUT2D eigenvalue weighted by molar-refractivity contribution is 5.31. The van der Waals surface area contributed by atoms with E-state index >= 15 is 0 Å². The van der Waals surface area contributed by atoms with E-state index in [2.05, 4.69) is 12.2 Å². The third kappa shape index (κ3) is 3.44. The van der Waals surface area contributed by atoms with Crippen LogP contribution in [0.15, 0.2) is 60.7 Å². The maximum absolute atomic E-state index is 8.87. The number of hydrogen-bond donors (Lipinski definition) is 1. The Morgan fingerprint density at radius 1 is 0.944 bits per heavy atom. The van der Waals surface area contributed by atoms with Crippen LogP contribution in [0.25, 0.3) is 0 Å². The molecule has 0 aliphatic heterocycles. The molecule has 1 heteroatoms. The van der Waals surface area contributed by atoms with Gasteiger partial charge in [0.05, 0.1) is 7.39 Å². The summed E-state index contributed by atoms with van der Waals surface area (Å²) in [6.45, 7) is 3.02. The van der Waals surface area contributed by atoms with Gasteiger partial charge in [-0.05, 0) is 24.1 Å². The Bertz CT molecular complexity index is 442. The molecule has 2 aromatic carbocycles. The van der Waals surface area contributed by atoms with E-state index in [1.54, 1.807) is 0 Å². The molecule has 0 spiro atoms. The third-order valence-corrected chi connectivity index (χ3v) is 2.96. The molecule has 0 radical (unpaired) electrons. The maximum Gasteiger partial charge on any atom is 0.0576 e. The Kier molecular flexibility index (Phi) is 4.45. The summed E-state index contributed by atoms with van der Waals surface area (Å²) in [7, 11) is 0. The van der Waals surface area contributed by atoms with Crippen molar-refractivity contribution in [1.82, 2.24) is 5.32 Å². The predicted molar refractivity (Wildman–Crippen MR) is 77.6 cm³/mol. The van der Waals surface area contributed by atoms with E-state index in [1.807, 2.05) is 60.7 Å². The highest BCUT2D eigenvalue weighted by atomic mass is 14.9. The van der Waals surface area contributed by atoms with Crippen LogP contribution in [0, 0.1) is 0 Å². The van der Waals surface area contributed by atoms with Gasteiger partial charge in [0.25, 0.3) is 0 Å². The molecule has 2 rings (SSSR count). The molecule has 1 nitrogen and oxygen atoms in total. The minimum Gasteiger partial charge on any atom is -0.306 e. The van der Waals surface area contributed by atoms with Crippen molar-refractivity contribution in [3.05, 3.63) is 71.8 Å². The van der Waals surface area contributed by atoms with Gasteiger partial charge in [-0.15, -0.1) is 0 Å². The van der Waals surface area contributed by atoms with Gasteiger partial charge in [-0.1, -0.05) is 74.0 Å². The molecule has 0 fully saturated rings. The van der Waals surface area contributed by atoms with Crippen molar-refractivity contribution in [1.29, 1.82) is 0 Å². The van der Waals surface area contributed by atoms with Crippen molar-refractivity contribution < 1.29 is 1.37 Å². The van der Waals surface area contributed by atoms with Crippen LogP contribution in [-0.4, -0.2) is 6.54 Å². The number of benzene rings is 2. The summed E-state index contributed by atoms with van der Waals surface area (Å²) < 4.78 is 8.87. The van der Waals surface area contributed by atoms with Gasteiger partial charge in [-0.3, -0.25) is 0 Å². The Morgan fingerprint density at radius 3 is 1.89 bits per heavy atom. The monoisotopic (exact) mass is 240 g/mol. The zero-order valence-corrected chi connectivity index (χ0v) is 10.9. The maximum atomic E-state index is 8.87. The summed E-state index contributed by atoms with van der Waals surface area (Å²) in [5.74, 6) is 0. The molecule has 0 unspecified atom stereocenters. The van der Waals surface area contributed by atoms with Crippen molar-refractivity contribution in [2.45, 2.75) is 25.8 Å². The van der Waals surface area contributed by atoms with Crippen molar-refractivity contribution in [2.24, 2.45) is 0 Å². The first kappa shape index (κ1) is 11.5. The summed E-state index contributed by atoms with van der Waals surface area (Å²) in [6, 6.07) is 19.1. The van der Waals surface area contributed by atoms with Crippen LogP contribution < -0.4 is 5.32 Å². The molecule has 0 saturated carbocycles. The van der Waals surface area contributed by atoms with E-state index in [-0.39, 0.29) is 0 Å². The average molecular weight is 240 g/mol. The number of unbranched alkanes of at least 4 members (excludes halogenated alkanes) is 1. The summed E-state index contributed by atoms with van der Waals surface area (Å²) in [4.78, 5) is 0. The number of nitrogens with one attached hydrogen (secondary N) is 1. The van der Waals surface area contributed by atoms with Gasteiger partial charge in [0, 0.05) is 0 Å². The van der Waals surface area contributed by atoms with Crippen molar-refractivity contribution >= 4 is 0 Å². The van der Waals surface area contributed by atoms with E-state index in [0.717, 1.165) is 30.5 Å². The van der Waals surface area contributed by atoms with E-state index in [4.69, 9.17) is 1.37 Å². The first-order chi connectivity index (χ1) is 9.27. The van der Waals surface area contributed by atoms with Gasteiger partial charge in [0.15, 0.2) is 0 Å². The van der Waals surface area contributed by atoms with Crippen LogP contribution in [0.4, 0.5) is 0 Å². The predicted octanol–water partition coefficient (Wildman–Crippen LogP) is 4.17. The summed E-state index contributed by atoms with van der Waals surface area (Å²) in [5, 5.41) is 3.40. The van der Waals surface area contributed by atoms with Crippen molar-refractivity contribution in [2.75, 3.05) is 6.54 Å². The molecule has 18 heavy (non-hydrogen) atoms. The highest BCUT2D eigenvalue weighted by Crippen LogP contribution is 2.21. The lowest BCUT2D eigenvalue weighted by Crippen LogP contribution is -2.23. The molecule has 0 saturated heterocycles. The SMILES string of the molecule is [2H]C(NCCCC)(c1ccccc1)c1ccccc1. The van der Waals surface area contributed by atoms with Crippen LogP contribution in [0.5, 0.6) is 0 Å². The zero-order chi connectivity index (χ0) is 13.6. The van der Waals surface area contributed by atoms with Gasteiger partial charge in [0.2, 0.25) is 0 Å². The summed E-state index contributed by atoms with van der Waals surface area (Å²) in [6.07, 6.45) is 2.22. The van der Waals surface area contributed by atoms with Crippen LogP contribution in [-0.2, 0) is 0 Å². The molecule has 2 aromatic rings. The average Bonchev–Trinajstić information content (AvgIpc) is 2.49. The minimum absolute atomic E-state index is 0.851. The molecule has 0 amide bonds. The molecule has 0 heterocycles. The molecule has 0 aromatic heterocycles. The van der Waals surface area contributed by atoms with Crippen LogP contribution >= 0.6 is 0 Å². The van der Waals surface area contributed by atoms with E-state index in [0.29, 0.717) is 0 Å². The van der Waals surface area contributed by atoms with Gasteiger partial charge in [-0.25, -0.2) is 0 Å². The fraction of sp³-hybridized carbons (Fsp3) is 0.294. The van der Waals surface area contributed by atoms with Crippen LogP contribution in [0.2, 0.25) is 0 Å². The fourth-order valence-electron chi connectivity index (χ4n) is 1.97. The largest absolute Gasteiger partial charge is 0.306 e. The first-order valence-electron chi connectivity index (χ1n) is 7.13. The molecule has 94 valence electrons. The summed E-state index contributed by atoms with van der Waals surface area (Å²) in [5.41, 5.74) is 1.97. The van der Waals surface area contributed by atoms with Gasteiger partial charge in [0.1, 0.15) is 0 Å². The van der Waals surface area contributed by atoms with E-state index < -0.39 is 6.02 Å². The lowest BCUT2D eigenvalue weighted by atomic mass is 9.98. The molecule has 0 aliphatic rings. The first-order valence-corrected chi connectivity index (χ1v) is 6.63. The fourth-order valence-corrected chi connectivity index (χ4v) is 1.97. The van der Waals surface area contributed by atoms with E-state index in [9.17, 15) is 0 Å². The highest BCUT2D eigenvalue weighted by Gasteiger charge is 2.11. The third-order valence-electron chi connectivity index (χ3n) is 2.96.